The quantitative estimate of drug-likeness (QED) is 0.757. The Bertz CT molecular complexity index is 243. The molecule has 1 saturated heterocycles. The van der Waals surface area contributed by atoms with E-state index in [1.807, 2.05) is 0 Å². The van der Waals surface area contributed by atoms with E-state index >= 15 is 0 Å². The number of likely N-dealkylation sites (tertiary alicyclic amines) is 1. The summed E-state index contributed by atoms with van der Waals surface area (Å²) in [6.45, 7) is 9.60. The van der Waals surface area contributed by atoms with Crippen LogP contribution < -0.4 is 5.32 Å². The molecule has 1 aliphatic heterocycles. The molecule has 0 saturated carbocycles. The standard InChI is InChI=1S/C15H30N2O/c1-4-14(16-5-2)7-6-11-17-12-10-13(3)8-9-15(17)18/h13-14,16H,4-12H2,1-3H3. The zero-order chi connectivity index (χ0) is 13.4. The molecule has 18 heavy (non-hydrogen) atoms. The Morgan fingerprint density at radius 2 is 2.17 bits per heavy atom. The van der Waals surface area contributed by atoms with Crippen LogP contribution in [0.5, 0.6) is 0 Å². The Hall–Kier alpha value is -0.570. The van der Waals surface area contributed by atoms with Gasteiger partial charge in [-0.25, -0.2) is 0 Å². The largest absolute Gasteiger partial charge is 0.343 e. The summed E-state index contributed by atoms with van der Waals surface area (Å²) in [5.74, 6) is 1.08. The smallest absolute Gasteiger partial charge is 0.222 e. The highest BCUT2D eigenvalue weighted by Gasteiger charge is 2.19. The molecule has 0 aromatic heterocycles. The summed E-state index contributed by atoms with van der Waals surface area (Å²) >= 11 is 0. The van der Waals surface area contributed by atoms with Gasteiger partial charge in [-0.1, -0.05) is 20.8 Å². The third-order valence-electron chi connectivity index (χ3n) is 4.06. The zero-order valence-corrected chi connectivity index (χ0v) is 12.4. The van der Waals surface area contributed by atoms with Crippen LogP contribution in [0, 0.1) is 5.92 Å². The van der Waals surface area contributed by atoms with Gasteiger partial charge in [0.2, 0.25) is 5.91 Å². The van der Waals surface area contributed by atoms with Crippen LogP contribution >= 0.6 is 0 Å². The third-order valence-corrected chi connectivity index (χ3v) is 4.06. The number of nitrogens with zero attached hydrogens (tertiary/aromatic N) is 1. The molecule has 1 fully saturated rings. The highest BCUT2D eigenvalue weighted by molar-refractivity contribution is 5.76. The van der Waals surface area contributed by atoms with Gasteiger partial charge in [0, 0.05) is 25.6 Å². The Kier molecular flexibility index (Phi) is 7.33. The van der Waals surface area contributed by atoms with E-state index in [0.717, 1.165) is 38.9 Å². The van der Waals surface area contributed by atoms with E-state index in [9.17, 15) is 4.79 Å². The number of hydrogen-bond donors (Lipinski definition) is 1. The summed E-state index contributed by atoms with van der Waals surface area (Å²) in [5.41, 5.74) is 0. The summed E-state index contributed by atoms with van der Waals surface area (Å²) < 4.78 is 0. The van der Waals surface area contributed by atoms with E-state index in [0.29, 0.717) is 17.9 Å². The van der Waals surface area contributed by atoms with Gasteiger partial charge in [0.05, 0.1) is 0 Å². The highest BCUT2D eigenvalue weighted by Crippen LogP contribution is 2.18. The lowest BCUT2D eigenvalue weighted by molar-refractivity contribution is -0.130. The fourth-order valence-electron chi connectivity index (χ4n) is 2.68. The van der Waals surface area contributed by atoms with Crippen molar-refractivity contribution in [1.29, 1.82) is 0 Å². The van der Waals surface area contributed by atoms with Gasteiger partial charge in [0.15, 0.2) is 0 Å². The number of hydrogen-bond acceptors (Lipinski definition) is 2. The average Bonchev–Trinajstić information content (AvgIpc) is 2.52. The minimum absolute atomic E-state index is 0.371. The summed E-state index contributed by atoms with van der Waals surface area (Å²) in [6.07, 6.45) is 6.50. The molecule has 2 atom stereocenters. The molecule has 1 rings (SSSR count). The van der Waals surface area contributed by atoms with E-state index in [2.05, 4.69) is 31.0 Å². The predicted octanol–water partition coefficient (Wildman–Crippen LogP) is 2.80. The van der Waals surface area contributed by atoms with Crippen LogP contribution in [0.1, 0.15) is 59.3 Å². The first-order valence-electron chi connectivity index (χ1n) is 7.68. The van der Waals surface area contributed by atoms with Crippen LogP contribution in [0.15, 0.2) is 0 Å². The second-order valence-corrected chi connectivity index (χ2v) is 5.62. The van der Waals surface area contributed by atoms with E-state index in [4.69, 9.17) is 0 Å². The summed E-state index contributed by atoms with van der Waals surface area (Å²) in [6, 6.07) is 0.621. The molecular weight excluding hydrogens is 224 g/mol. The molecule has 3 heteroatoms. The lowest BCUT2D eigenvalue weighted by atomic mass is 10.0. The van der Waals surface area contributed by atoms with Crippen LogP contribution in [0.2, 0.25) is 0 Å². The summed E-state index contributed by atoms with van der Waals surface area (Å²) in [7, 11) is 0. The van der Waals surface area contributed by atoms with Crippen molar-refractivity contribution in [1.82, 2.24) is 10.2 Å². The van der Waals surface area contributed by atoms with Crippen LogP contribution in [0.4, 0.5) is 0 Å². The lowest BCUT2D eigenvalue weighted by Gasteiger charge is -2.22. The maximum atomic E-state index is 11.9. The van der Waals surface area contributed by atoms with Crippen molar-refractivity contribution in [3.63, 3.8) is 0 Å². The number of amides is 1. The van der Waals surface area contributed by atoms with Crippen molar-refractivity contribution in [2.45, 2.75) is 65.3 Å². The average molecular weight is 254 g/mol. The Labute approximate surface area is 112 Å². The van der Waals surface area contributed by atoms with Crippen molar-refractivity contribution >= 4 is 5.91 Å². The molecule has 1 amide bonds. The topological polar surface area (TPSA) is 32.3 Å². The molecule has 0 aromatic rings. The summed E-state index contributed by atoms with van der Waals surface area (Å²) in [5, 5.41) is 3.50. The first-order chi connectivity index (χ1) is 8.67. The van der Waals surface area contributed by atoms with Gasteiger partial charge in [-0.05, 0) is 44.6 Å². The maximum Gasteiger partial charge on any atom is 0.222 e. The van der Waals surface area contributed by atoms with Crippen LogP contribution in [-0.2, 0) is 4.79 Å². The normalized spacial score (nSPS) is 22.9. The minimum Gasteiger partial charge on any atom is -0.343 e. The van der Waals surface area contributed by atoms with Crippen molar-refractivity contribution < 1.29 is 4.79 Å². The van der Waals surface area contributed by atoms with Gasteiger partial charge >= 0.3 is 0 Å². The third kappa shape index (κ3) is 5.38. The number of rotatable bonds is 7. The molecule has 0 radical (unpaired) electrons. The van der Waals surface area contributed by atoms with Crippen molar-refractivity contribution in [2.75, 3.05) is 19.6 Å². The Balaban J connectivity index is 2.26. The zero-order valence-electron chi connectivity index (χ0n) is 12.4. The fraction of sp³-hybridized carbons (Fsp3) is 0.933. The predicted molar refractivity (Wildman–Crippen MR) is 76.6 cm³/mol. The second-order valence-electron chi connectivity index (χ2n) is 5.62. The first kappa shape index (κ1) is 15.5. The molecular formula is C15H30N2O. The molecule has 2 unspecified atom stereocenters. The van der Waals surface area contributed by atoms with Gasteiger partial charge in [-0.15, -0.1) is 0 Å². The van der Waals surface area contributed by atoms with Gasteiger partial charge < -0.3 is 10.2 Å². The molecule has 1 heterocycles. The molecule has 0 aliphatic carbocycles. The molecule has 0 spiro atoms. The van der Waals surface area contributed by atoms with Crippen molar-refractivity contribution in [3.8, 4) is 0 Å². The molecule has 0 bridgehead atoms. The van der Waals surface area contributed by atoms with E-state index < -0.39 is 0 Å². The molecule has 1 aliphatic rings. The van der Waals surface area contributed by atoms with E-state index in [-0.39, 0.29) is 0 Å². The molecule has 106 valence electrons. The second kappa shape index (κ2) is 8.52. The SMILES string of the molecule is CCNC(CC)CCCN1CCC(C)CCC1=O. The number of carbonyl (C=O) groups excluding carboxylic acids is 1. The summed E-state index contributed by atoms with van der Waals surface area (Å²) in [4.78, 5) is 14.0. The number of carbonyl (C=O) groups is 1. The van der Waals surface area contributed by atoms with Gasteiger partial charge in [0.25, 0.3) is 0 Å². The van der Waals surface area contributed by atoms with Crippen molar-refractivity contribution in [3.05, 3.63) is 0 Å². The Morgan fingerprint density at radius 1 is 1.39 bits per heavy atom. The van der Waals surface area contributed by atoms with E-state index in [1.54, 1.807) is 0 Å². The number of nitrogens with one attached hydrogen (secondary N) is 1. The van der Waals surface area contributed by atoms with Crippen LogP contribution in [0.3, 0.4) is 0 Å². The first-order valence-corrected chi connectivity index (χ1v) is 7.68. The Morgan fingerprint density at radius 3 is 2.83 bits per heavy atom. The van der Waals surface area contributed by atoms with Gasteiger partial charge in [0.1, 0.15) is 0 Å². The monoisotopic (exact) mass is 254 g/mol. The highest BCUT2D eigenvalue weighted by atomic mass is 16.2. The maximum absolute atomic E-state index is 11.9. The minimum atomic E-state index is 0.371. The van der Waals surface area contributed by atoms with Crippen LogP contribution in [-0.4, -0.2) is 36.5 Å². The van der Waals surface area contributed by atoms with E-state index in [1.165, 1.54) is 19.3 Å². The van der Waals surface area contributed by atoms with Crippen LogP contribution in [0.25, 0.3) is 0 Å². The fourth-order valence-corrected chi connectivity index (χ4v) is 2.68. The van der Waals surface area contributed by atoms with Gasteiger partial charge in [-0.2, -0.15) is 0 Å². The van der Waals surface area contributed by atoms with Crippen molar-refractivity contribution in [2.24, 2.45) is 5.92 Å². The molecule has 3 nitrogen and oxygen atoms in total. The lowest BCUT2D eigenvalue weighted by Crippen LogP contribution is -2.33. The molecule has 1 N–H and O–H groups in total. The van der Waals surface area contributed by atoms with Gasteiger partial charge in [-0.3, -0.25) is 4.79 Å². The molecule has 0 aromatic carbocycles.